The van der Waals surface area contributed by atoms with Crippen LogP contribution in [0.4, 0.5) is 0 Å². The van der Waals surface area contributed by atoms with Crippen molar-refractivity contribution in [3.05, 3.63) is 18.0 Å². The molecule has 1 aliphatic heterocycles. The van der Waals surface area contributed by atoms with Gasteiger partial charge >= 0.3 is 0 Å². The lowest BCUT2D eigenvalue weighted by Crippen LogP contribution is -2.15. The van der Waals surface area contributed by atoms with E-state index in [-0.39, 0.29) is 0 Å². The Morgan fingerprint density at radius 2 is 2.05 bits per heavy atom. The van der Waals surface area contributed by atoms with E-state index in [1.165, 1.54) is 0 Å². The molecule has 0 spiro atoms. The van der Waals surface area contributed by atoms with Crippen LogP contribution in [0.5, 0.6) is 11.5 Å². The first-order valence-electron chi connectivity index (χ1n) is 7.49. The Labute approximate surface area is 124 Å². The molecule has 0 bridgehead atoms. The van der Waals surface area contributed by atoms with Crippen molar-refractivity contribution in [1.82, 2.24) is 9.55 Å². The normalized spacial score (nSPS) is 13.3. The van der Waals surface area contributed by atoms with E-state index in [0.717, 1.165) is 47.6 Å². The summed E-state index contributed by atoms with van der Waals surface area (Å²) in [4.78, 5) is 4.73. The van der Waals surface area contributed by atoms with E-state index in [2.05, 4.69) is 17.6 Å². The molecular formula is C16H19N3O2. The molecule has 0 N–H and O–H groups in total. The molecule has 0 fully saturated rings. The van der Waals surface area contributed by atoms with E-state index in [1.807, 2.05) is 12.1 Å². The largest absolute Gasteiger partial charge is 0.486 e. The van der Waals surface area contributed by atoms with E-state index < -0.39 is 0 Å². The first-order chi connectivity index (χ1) is 10.3. The van der Waals surface area contributed by atoms with Crippen LogP contribution in [0.25, 0.3) is 11.0 Å². The van der Waals surface area contributed by atoms with Crippen LogP contribution in [-0.4, -0.2) is 22.8 Å². The van der Waals surface area contributed by atoms with Gasteiger partial charge in [0.05, 0.1) is 23.5 Å². The lowest BCUT2D eigenvalue weighted by molar-refractivity contribution is 0.172. The summed E-state index contributed by atoms with van der Waals surface area (Å²) in [5.41, 5.74) is 1.95. The summed E-state index contributed by atoms with van der Waals surface area (Å²) in [6, 6.07) is 6.15. The number of aryl methyl sites for hydroxylation is 2. The fourth-order valence-electron chi connectivity index (χ4n) is 2.65. The Bertz CT molecular complexity index is 685. The Morgan fingerprint density at radius 3 is 2.76 bits per heavy atom. The third-order valence-electron chi connectivity index (χ3n) is 3.69. The molecule has 1 aromatic carbocycles. The number of aromatic nitrogens is 2. The highest BCUT2D eigenvalue weighted by Crippen LogP contribution is 2.35. The van der Waals surface area contributed by atoms with Gasteiger partial charge in [0.15, 0.2) is 11.5 Å². The highest BCUT2D eigenvalue weighted by atomic mass is 16.6. The van der Waals surface area contributed by atoms with Crippen LogP contribution in [0.3, 0.4) is 0 Å². The van der Waals surface area contributed by atoms with E-state index >= 15 is 0 Å². The van der Waals surface area contributed by atoms with Crippen LogP contribution >= 0.6 is 0 Å². The second-order valence-corrected chi connectivity index (χ2v) is 5.18. The van der Waals surface area contributed by atoms with Gasteiger partial charge in [0.2, 0.25) is 0 Å². The van der Waals surface area contributed by atoms with Gasteiger partial charge in [-0.15, -0.1) is 0 Å². The van der Waals surface area contributed by atoms with Crippen molar-refractivity contribution in [2.75, 3.05) is 13.2 Å². The van der Waals surface area contributed by atoms with Crippen LogP contribution in [0, 0.1) is 11.3 Å². The second-order valence-electron chi connectivity index (χ2n) is 5.18. The SMILES string of the molecule is CCCCc1nc2cc3c(cc2n1CCC#N)OCCO3. The summed E-state index contributed by atoms with van der Waals surface area (Å²) in [5, 5.41) is 8.87. The highest BCUT2D eigenvalue weighted by Gasteiger charge is 2.17. The van der Waals surface area contributed by atoms with Gasteiger partial charge in [0.1, 0.15) is 19.0 Å². The van der Waals surface area contributed by atoms with Crippen molar-refractivity contribution >= 4 is 11.0 Å². The number of ether oxygens (including phenoxy) is 2. The third-order valence-corrected chi connectivity index (χ3v) is 3.69. The fraction of sp³-hybridized carbons (Fsp3) is 0.500. The van der Waals surface area contributed by atoms with Gasteiger partial charge in [-0.2, -0.15) is 5.26 Å². The predicted molar refractivity (Wildman–Crippen MR) is 79.6 cm³/mol. The van der Waals surface area contributed by atoms with Crippen LogP contribution in [0.2, 0.25) is 0 Å². The smallest absolute Gasteiger partial charge is 0.163 e. The average Bonchev–Trinajstić information content (AvgIpc) is 2.85. The Kier molecular flexibility index (Phi) is 3.96. The maximum absolute atomic E-state index is 8.87. The van der Waals surface area contributed by atoms with Crippen molar-refractivity contribution in [2.45, 2.75) is 39.2 Å². The van der Waals surface area contributed by atoms with Gasteiger partial charge in [-0.1, -0.05) is 13.3 Å². The van der Waals surface area contributed by atoms with Crippen molar-refractivity contribution < 1.29 is 9.47 Å². The molecule has 1 aliphatic rings. The molecule has 2 heterocycles. The zero-order valence-corrected chi connectivity index (χ0v) is 12.3. The minimum absolute atomic E-state index is 0.485. The van der Waals surface area contributed by atoms with Crippen LogP contribution in [-0.2, 0) is 13.0 Å². The molecule has 3 rings (SSSR count). The maximum atomic E-state index is 8.87. The minimum Gasteiger partial charge on any atom is -0.486 e. The predicted octanol–water partition coefficient (Wildman–Crippen LogP) is 3.06. The van der Waals surface area contributed by atoms with Crippen LogP contribution in [0.1, 0.15) is 32.0 Å². The van der Waals surface area contributed by atoms with Crippen LogP contribution < -0.4 is 9.47 Å². The highest BCUT2D eigenvalue weighted by molar-refractivity contribution is 5.80. The number of nitrogens with zero attached hydrogens (tertiary/aromatic N) is 3. The quantitative estimate of drug-likeness (QED) is 0.847. The van der Waals surface area contributed by atoms with Crippen LogP contribution in [0.15, 0.2) is 12.1 Å². The molecular weight excluding hydrogens is 266 g/mol. The van der Waals surface area contributed by atoms with Gasteiger partial charge in [-0.3, -0.25) is 0 Å². The lowest BCUT2D eigenvalue weighted by Gasteiger charge is -2.18. The van der Waals surface area contributed by atoms with E-state index in [9.17, 15) is 0 Å². The maximum Gasteiger partial charge on any atom is 0.163 e. The number of hydrogen-bond acceptors (Lipinski definition) is 4. The van der Waals surface area contributed by atoms with E-state index in [4.69, 9.17) is 19.7 Å². The van der Waals surface area contributed by atoms with Crippen molar-refractivity contribution in [3.63, 3.8) is 0 Å². The standard InChI is InChI=1S/C16H19N3O2/c1-2-3-5-16-18-12-10-14-15(21-9-8-20-14)11-13(12)19(16)7-4-6-17/h10-11H,2-5,7-9H2,1H3. The molecule has 1 aromatic heterocycles. The molecule has 21 heavy (non-hydrogen) atoms. The topological polar surface area (TPSA) is 60.1 Å². The summed E-state index contributed by atoms with van der Waals surface area (Å²) in [7, 11) is 0. The van der Waals surface area contributed by atoms with E-state index in [0.29, 0.717) is 26.2 Å². The van der Waals surface area contributed by atoms with Crippen molar-refractivity contribution in [3.8, 4) is 17.6 Å². The number of unbranched alkanes of at least 4 members (excludes halogenated alkanes) is 1. The number of imidazole rings is 1. The Hall–Kier alpha value is -2.22. The summed E-state index contributed by atoms with van der Waals surface area (Å²) in [6.45, 7) is 4.00. The summed E-state index contributed by atoms with van der Waals surface area (Å²) < 4.78 is 13.4. The summed E-state index contributed by atoms with van der Waals surface area (Å²) >= 11 is 0. The Balaban J connectivity index is 2.06. The fourth-order valence-corrected chi connectivity index (χ4v) is 2.65. The molecule has 0 radical (unpaired) electrons. The zero-order chi connectivity index (χ0) is 14.7. The first kappa shape index (κ1) is 13.7. The van der Waals surface area contributed by atoms with Crippen molar-refractivity contribution in [2.24, 2.45) is 0 Å². The lowest BCUT2D eigenvalue weighted by atomic mass is 10.2. The number of benzene rings is 1. The van der Waals surface area contributed by atoms with Gasteiger partial charge in [0.25, 0.3) is 0 Å². The molecule has 5 nitrogen and oxygen atoms in total. The molecule has 0 saturated carbocycles. The molecule has 0 amide bonds. The van der Waals surface area contributed by atoms with Gasteiger partial charge in [0, 0.05) is 25.1 Å². The molecule has 2 aromatic rings. The molecule has 110 valence electrons. The van der Waals surface area contributed by atoms with Crippen molar-refractivity contribution in [1.29, 1.82) is 5.26 Å². The van der Waals surface area contributed by atoms with Gasteiger partial charge in [-0.05, 0) is 6.42 Å². The van der Waals surface area contributed by atoms with Gasteiger partial charge in [-0.25, -0.2) is 4.98 Å². The monoisotopic (exact) mass is 285 g/mol. The Morgan fingerprint density at radius 1 is 1.29 bits per heavy atom. The number of fused-ring (bicyclic) bond motifs is 2. The van der Waals surface area contributed by atoms with Gasteiger partial charge < -0.3 is 14.0 Å². The summed E-state index contributed by atoms with van der Waals surface area (Å²) in [5.74, 6) is 2.58. The number of nitriles is 1. The second kappa shape index (κ2) is 6.04. The van der Waals surface area contributed by atoms with E-state index in [1.54, 1.807) is 0 Å². The molecule has 0 atom stereocenters. The zero-order valence-electron chi connectivity index (χ0n) is 12.3. The summed E-state index contributed by atoms with van der Waals surface area (Å²) in [6.07, 6.45) is 3.65. The number of rotatable bonds is 5. The minimum atomic E-state index is 0.485. The average molecular weight is 285 g/mol. The third kappa shape index (κ3) is 2.66. The molecule has 0 saturated heterocycles. The molecule has 0 unspecified atom stereocenters. The molecule has 0 aliphatic carbocycles. The first-order valence-corrected chi connectivity index (χ1v) is 7.49. The molecule has 5 heteroatoms. The number of hydrogen-bond donors (Lipinski definition) is 0.